The smallest absolute Gasteiger partial charge is 0.234 e. The van der Waals surface area contributed by atoms with Crippen LogP contribution in [-0.4, -0.2) is 26.4 Å². The Morgan fingerprint density at radius 3 is 2.69 bits per heavy atom. The Labute approximate surface area is 186 Å². The molecule has 3 aromatic rings. The zero-order valence-corrected chi connectivity index (χ0v) is 18.5. The monoisotopic (exact) mass is 492 g/mol. The lowest BCUT2D eigenvalue weighted by Crippen LogP contribution is -2.14. The van der Waals surface area contributed by atoms with E-state index in [2.05, 4.69) is 36.0 Å². The molecular formula is C20H18BrClN4O2S. The molecule has 2 aromatic carbocycles. The number of amides is 1. The van der Waals surface area contributed by atoms with Crippen LogP contribution in [0.1, 0.15) is 24.7 Å². The summed E-state index contributed by atoms with van der Waals surface area (Å²) >= 11 is 10.9. The zero-order chi connectivity index (χ0) is 20.2. The summed E-state index contributed by atoms with van der Waals surface area (Å²) in [7, 11) is 0. The molecular weight excluding hydrogens is 476 g/mol. The molecule has 1 aliphatic carbocycles. The number of benzene rings is 2. The molecule has 1 saturated carbocycles. The van der Waals surface area contributed by atoms with Crippen LogP contribution < -0.4 is 10.1 Å². The van der Waals surface area contributed by atoms with Crippen molar-refractivity contribution in [3.63, 3.8) is 0 Å². The Kier molecular flexibility index (Phi) is 6.42. The van der Waals surface area contributed by atoms with Crippen LogP contribution in [0.5, 0.6) is 5.75 Å². The van der Waals surface area contributed by atoms with Gasteiger partial charge in [-0.05, 0) is 49.2 Å². The summed E-state index contributed by atoms with van der Waals surface area (Å²) in [4.78, 5) is 12.3. The summed E-state index contributed by atoms with van der Waals surface area (Å²) in [5, 5.41) is 12.7. The molecule has 0 radical (unpaired) electrons. The van der Waals surface area contributed by atoms with Crippen molar-refractivity contribution < 1.29 is 9.53 Å². The molecule has 1 amide bonds. The lowest BCUT2D eigenvalue weighted by Gasteiger charge is -2.11. The van der Waals surface area contributed by atoms with Crippen LogP contribution >= 0.6 is 39.3 Å². The summed E-state index contributed by atoms with van der Waals surface area (Å²) in [6, 6.07) is 15.2. The van der Waals surface area contributed by atoms with Crippen LogP contribution in [0.4, 0.5) is 5.69 Å². The summed E-state index contributed by atoms with van der Waals surface area (Å²) in [5.41, 5.74) is 0.760. The van der Waals surface area contributed by atoms with E-state index in [0.29, 0.717) is 16.8 Å². The van der Waals surface area contributed by atoms with Crippen LogP contribution in [0.15, 0.2) is 58.2 Å². The van der Waals surface area contributed by atoms with E-state index in [0.717, 1.165) is 34.0 Å². The molecule has 0 aliphatic heterocycles. The molecule has 1 aromatic heterocycles. The lowest BCUT2D eigenvalue weighted by atomic mass is 10.3. The Bertz CT molecular complexity index is 1010. The second kappa shape index (κ2) is 9.19. The van der Waals surface area contributed by atoms with Gasteiger partial charge in [-0.3, -0.25) is 9.36 Å². The first kappa shape index (κ1) is 20.3. The van der Waals surface area contributed by atoms with Crippen molar-refractivity contribution in [1.29, 1.82) is 0 Å². The maximum atomic E-state index is 12.3. The molecule has 0 atom stereocenters. The fourth-order valence-corrected chi connectivity index (χ4v) is 4.05. The van der Waals surface area contributed by atoms with Gasteiger partial charge in [0.1, 0.15) is 12.4 Å². The number of halogens is 2. The summed E-state index contributed by atoms with van der Waals surface area (Å²) < 4.78 is 8.87. The SMILES string of the molecule is O=C(CSc1nnc(COc2ccccc2Cl)n1C1CC1)Nc1ccc(Br)cc1. The number of para-hydroxylation sites is 1. The van der Waals surface area contributed by atoms with Crippen molar-refractivity contribution in [2.24, 2.45) is 0 Å². The second-order valence-electron chi connectivity index (χ2n) is 6.56. The van der Waals surface area contributed by atoms with E-state index in [1.807, 2.05) is 42.5 Å². The first-order chi connectivity index (χ1) is 14.1. The van der Waals surface area contributed by atoms with Gasteiger partial charge in [-0.2, -0.15) is 0 Å². The number of anilines is 1. The number of nitrogens with zero attached hydrogens (tertiary/aromatic N) is 3. The van der Waals surface area contributed by atoms with Crippen molar-refractivity contribution in [1.82, 2.24) is 14.8 Å². The lowest BCUT2D eigenvalue weighted by molar-refractivity contribution is -0.113. The first-order valence-corrected chi connectivity index (χ1v) is 11.2. The minimum Gasteiger partial charge on any atom is -0.484 e. The predicted molar refractivity (Wildman–Crippen MR) is 118 cm³/mol. The molecule has 0 unspecified atom stereocenters. The highest BCUT2D eigenvalue weighted by Crippen LogP contribution is 2.39. The van der Waals surface area contributed by atoms with Crippen molar-refractivity contribution in [2.45, 2.75) is 30.6 Å². The van der Waals surface area contributed by atoms with Gasteiger partial charge in [0.05, 0.1) is 10.8 Å². The Morgan fingerprint density at radius 1 is 1.21 bits per heavy atom. The number of nitrogens with one attached hydrogen (secondary N) is 1. The Hall–Kier alpha value is -2.03. The number of hydrogen-bond donors (Lipinski definition) is 1. The third-order valence-corrected chi connectivity index (χ3v) is 6.08. The number of carbonyl (C=O) groups is 1. The summed E-state index contributed by atoms with van der Waals surface area (Å²) in [6.07, 6.45) is 2.16. The number of aromatic nitrogens is 3. The van der Waals surface area contributed by atoms with E-state index in [4.69, 9.17) is 16.3 Å². The molecule has 1 heterocycles. The number of carbonyl (C=O) groups excluding carboxylic acids is 1. The fourth-order valence-electron chi connectivity index (χ4n) is 2.77. The van der Waals surface area contributed by atoms with Crippen molar-refractivity contribution in [3.05, 3.63) is 63.9 Å². The van der Waals surface area contributed by atoms with E-state index in [1.165, 1.54) is 11.8 Å². The van der Waals surface area contributed by atoms with Gasteiger partial charge in [-0.15, -0.1) is 10.2 Å². The Balaban J connectivity index is 1.38. The number of thioether (sulfide) groups is 1. The van der Waals surface area contributed by atoms with Crippen LogP contribution in [-0.2, 0) is 11.4 Å². The van der Waals surface area contributed by atoms with Gasteiger partial charge in [0.15, 0.2) is 11.0 Å². The molecule has 1 aliphatic rings. The molecule has 6 nitrogen and oxygen atoms in total. The van der Waals surface area contributed by atoms with E-state index in [-0.39, 0.29) is 18.3 Å². The number of ether oxygens (including phenoxy) is 1. The van der Waals surface area contributed by atoms with Gasteiger partial charge in [-0.25, -0.2) is 0 Å². The molecule has 29 heavy (non-hydrogen) atoms. The predicted octanol–water partition coefficient (Wildman–Crippen LogP) is 5.34. The molecule has 0 spiro atoms. The molecule has 9 heteroatoms. The normalized spacial score (nSPS) is 13.3. The highest BCUT2D eigenvalue weighted by Gasteiger charge is 2.30. The van der Waals surface area contributed by atoms with Crippen LogP contribution in [0, 0.1) is 0 Å². The molecule has 1 fully saturated rings. The van der Waals surface area contributed by atoms with Crippen LogP contribution in [0.3, 0.4) is 0 Å². The largest absolute Gasteiger partial charge is 0.484 e. The standard InChI is InChI=1S/C20H18BrClN4O2S/c21-13-5-7-14(8-6-13)23-19(27)12-29-20-25-24-18(26(20)15-9-10-15)11-28-17-4-2-1-3-16(17)22/h1-8,15H,9-12H2,(H,23,27). The van der Waals surface area contributed by atoms with E-state index in [9.17, 15) is 4.79 Å². The van der Waals surface area contributed by atoms with Crippen LogP contribution in [0.25, 0.3) is 0 Å². The molecule has 1 N–H and O–H groups in total. The highest BCUT2D eigenvalue weighted by atomic mass is 79.9. The van der Waals surface area contributed by atoms with Crippen molar-refractivity contribution in [2.75, 3.05) is 11.1 Å². The maximum Gasteiger partial charge on any atom is 0.234 e. The number of rotatable bonds is 8. The molecule has 0 saturated heterocycles. The number of hydrogen-bond acceptors (Lipinski definition) is 5. The third-order valence-electron chi connectivity index (χ3n) is 4.30. The second-order valence-corrected chi connectivity index (χ2v) is 8.83. The maximum absolute atomic E-state index is 12.3. The topological polar surface area (TPSA) is 69.0 Å². The third kappa shape index (κ3) is 5.32. The van der Waals surface area contributed by atoms with Gasteiger partial charge in [0.25, 0.3) is 0 Å². The van der Waals surface area contributed by atoms with Gasteiger partial charge in [0.2, 0.25) is 5.91 Å². The first-order valence-electron chi connectivity index (χ1n) is 9.09. The van der Waals surface area contributed by atoms with E-state index < -0.39 is 0 Å². The average Bonchev–Trinajstić information content (AvgIpc) is 3.47. The summed E-state index contributed by atoms with van der Waals surface area (Å²) in [6.45, 7) is 0.277. The molecule has 150 valence electrons. The minimum atomic E-state index is -0.0865. The van der Waals surface area contributed by atoms with Gasteiger partial charge in [0, 0.05) is 16.2 Å². The van der Waals surface area contributed by atoms with Gasteiger partial charge >= 0.3 is 0 Å². The Morgan fingerprint density at radius 2 is 1.97 bits per heavy atom. The van der Waals surface area contributed by atoms with Gasteiger partial charge in [-0.1, -0.05) is 51.4 Å². The fraction of sp³-hybridized carbons (Fsp3) is 0.250. The van der Waals surface area contributed by atoms with Crippen molar-refractivity contribution in [3.8, 4) is 5.75 Å². The zero-order valence-electron chi connectivity index (χ0n) is 15.3. The quantitative estimate of drug-likeness (QED) is 0.429. The van der Waals surface area contributed by atoms with Crippen LogP contribution in [0.2, 0.25) is 5.02 Å². The van der Waals surface area contributed by atoms with Gasteiger partial charge < -0.3 is 10.1 Å². The van der Waals surface area contributed by atoms with E-state index in [1.54, 1.807) is 6.07 Å². The average molecular weight is 494 g/mol. The molecule has 0 bridgehead atoms. The highest BCUT2D eigenvalue weighted by molar-refractivity contribution is 9.10. The van der Waals surface area contributed by atoms with E-state index >= 15 is 0 Å². The molecule has 4 rings (SSSR count). The summed E-state index contributed by atoms with van der Waals surface area (Å²) in [5.74, 6) is 1.52. The minimum absolute atomic E-state index is 0.0865. The van der Waals surface area contributed by atoms with Crippen molar-refractivity contribution >= 4 is 50.9 Å².